The van der Waals surface area contributed by atoms with E-state index < -0.39 is 0 Å². The molecule has 0 aliphatic heterocycles. The number of nitrogens with two attached hydrogens (primary N) is 1. The molecule has 1 saturated carbocycles. The maximum atomic E-state index is 9.74. The minimum atomic E-state index is 0.125. The highest BCUT2D eigenvalue weighted by atomic mass is 16.3. The van der Waals surface area contributed by atoms with Gasteiger partial charge in [-0.05, 0) is 42.0 Å². The van der Waals surface area contributed by atoms with Crippen LogP contribution in [0.3, 0.4) is 0 Å². The van der Waals surface area contributed by atoms with Gasteiger partial charge in [0.05, 0.1) is 0 Å². The minimum absolute atomic E-state index is 0.125. The number of aromatic hydroxyl groups is 2. The van der Waals surface area contributed by atoms with Crippen LogP contribution in [0.4, 0.5) is 0 Å². The normalized spacial score (nSPS) is 27.7. The largest absolute Gasteiger partial charge is 0.508 e. The van der Waals surface area contributed by atoms with Crippen molar-refractivity contribution in [3.63, 3.8) is 0 Å². The SMILES string of the molecule is CC1(C)[C@H](CN)[C@H]1c1cc(O)ccc1O. The van der Waals surface area contributed by atoms with E-state index in [0.29, 0.717) is 12.5 Å². The van der Waals surface area contributed by atoms with Crippen molar-refractivity contribution in [2.24, 2.45) is 17.1 Å². The van der Waals surface area contributed by atoms with Crippen LogP contribution in [0, 0.1) is 11.3 Å². The van der Waals surface area contributed by atoms with Crippen molar-refractivity contribution in [3.05, 3.63) is 23.8 Å². The van der Waals surface area contributed by atoms with Gasteiger partial charge in [-0.3, -0.25) is 0 Å². The molecule has 1 aromatic carbocycles. The Morgan fingerprint density at radius 2 is 2.00 bits per heavy atom. The van der Waals surface area contributed by atoms with Crippen LogP contribution in [0.25, 0.3) is 0 Å². The maximum Gasteiger partial charge on any atom is 0.119 e. The molecule has 1 aromatic rings. The molecule has 2 atom stereocenters. The Bertz CT molecular complexity index is 387. The first-order valence-corrected chi connectivity index (χ1v) is 5.20. The molecule has 0 unspecified atom stereocenters. The van der Waals surface area contributed by atoms with Crippen LogP contribution in [-0.2, 0) is 0 Å². The molecule has 1 fully saturated rings. The monoisotopic (exact) mass is 207 g/mol. The summed E-state index contributed by atoms with van der Waals surface area (Å²) >= 11 is 0. The first-order chi connectivity index (χ1) is 6.98. The van der Waals surface area contributed by atoms with Crippen molar-refractivity contribution >= 4 is 0 Å². The first kappa shape index (κ1) is 10.3. The molecule has 0 spiro atoms. The van der Waals surface area contributed by atoms with E-state index in [-0.39, 0.29) is 22.8 Å². The molecular weight excluding hydrogens is 190 g/mol. The average molecular weight is 207 g/mol. The summed E-state index contributed by atoms with van der Waals surface area (Å²) in [4.78, 5) is 0. The fourth-order valence-corrected chi connectivity index (χ4v) is 2.59. The van der Waals surface area contributed by atoms with Crippen LogP contribution in [0.2, 0.25) is 0 Å². The number of benzene rings is 1. The highest BCUT2D eigenvalue weighted by Gasteiger charge is 2.58. The Kier molecular flexibility index (Phi) is 2.15. The van der Waals surface area contributed by atoms with Crippen LogP contribution in [0.1, 0.15) is 25.3 Å². The second kappa shape index (κ2) is 3.14. The van der Waals surface area contributed by atoms with E-state index in [1.807, 2.05) is 0 Å². The van der Waals surface area contributed by atoms with Crippen molar-refractivity contribution < 1.29 is 10.2 Å². The van der Waals surface area contributed by atoms with Crippen molar-refractivity contribution in [1.82, 2.24) is 0 Å². The Morgan fingerprint density at radius 1 is 1.33 bits per heavy atom. The standard InChI is InChI=1S/C12H17NO2/c1-12(2)9(6-13)11(12)8-5-7(14)3-4-10(8)15/h3-5,9,11,14-15H,6,13H2,1-2H3/t9-,11-/m1/s1. The summed E-state index contributed by atoms with van der Waals surface area (Å²) in [6, 6.07) is 4.66. The van der Waals surface area contributed by atoms with Crippen LogP contribution < -0.4 is 5.73 Å². The summed E-state index contributed by atoms with van der Waals surface area (Å²) in [7, 11) is 0. The molecular formula is C12H17NO2. The molecule has 1 aliphatic rings. The predicted octanol–water partition coefficient (Wildman–Crippen LogP) is 1.80. The van der Waals surface area contributed by atoms with Gasteiger partial charge in [0.25, 0.3) is 0 Å². The molecule has 3 heteroatoms. The third-order valence-corrected chi connectivity index (χ3v) is 3.65. The highest BCUT2D eigenvalue weighted by Crippen LogP contribution is 2.65. The van der Waals surface area contributed by atoms with E-state index in [1.165, 1.54) is 12.1 Å². The van der Waals surface area contributed by atoms with Crippen LogP contribution >= 0.6 is 0 Å². The van der Waals surface area contributed by atoms with Crippen LogP contribution in [0.5, 0.6) is 11.5 Å². The van der Waals surface area contributed by atoms with Gasteiger partial charge in [0, 0.05) is 5.56 Å². The number of hydrogen-bond acceptors (Lipinski definition) is 3. The molecule has 4 N–H and O–H groups in total. The van der Waals surface area contributed by atoms with Gasteiger partial charge in [0.2, 0.25) is 0 Å². The minimum Gasteiger partial charge on any atom is -0.508 e. The number of phenolic OH excluding ortho intramolecular Hbond substituents is 2. The molecule has 82 valence electrons. The molecule has 0 amide bonds. The molecule has 15 heavy (non-hydrogen) atoms. The van der Waals surface area contributed by atoms with Gasteiger partial charge >= 0.3 is 0 Å². The van der Waals surface area contributed by atoms with E-state index in [9.17, 15) is 10.2 Å². The van der Waals surface area contributed by atoms with Gasteiger partial charge in [0.15, 0.2) is 0 Å². The number of hydrogen-bond donors (Lipinski definition) is 3. The van der Waals surface area contributed by atoms with E-state index >= 15 is 0 Å². The zero-order valence-corrected chi connectivity index (χ0v) is 9.07. The van der Waals surface area contributed by atoms with Crippen molar-refractivity contribution in [2.75, 3.05) is 6.54 Å². The lowest BCUT2D eigenvalue weighted by Gasteiger charge is -2.06. The van der Waals surface area contributed by atoms with Crippen LogP contribution in [0.15, 0.2) is 18.2 Å². The zero-order valence-electron chi connectivity index (χ0n) is 9.07. The average Bonchev–Trinajstić information content (AvgIpc) is 2.72. The molecule has 0 radical (unpaired) electrons. The van der Waals surface area contributed by atoms with E-state index in [4.69, 9.17) is 5.73 Å². The van der Waals surface area contributed by atoms with E-state index in [1.54, 1.807) is 6.07 Å². The zero-order chi connectivity index (χ0) is 11.2. The fraction of sp³-hybridized carbons (Fsp3) is 0.500. The molecule has 1 aliphatic carbocycles. The van der Waals surface area contributed by atoms with Crippen molar-refractivity contribution in [3.8, 4) is 11.5 Å². The molecule has 0 aromatic heterocycles. The quantitative estimate of drug-likeness (QED) is 0.648. The molecule has 0 saturated heterocycles. The Morgan fingerprint density at radius 3 is 2.53 bits per heavy atom. The summed E-state index contributed by atoms with van der Waals surface area (Å²) in [6.45, 7) is 4.89. The highest BCUT2D eigenvalue weighted by molar-refractivity contribution is 5.45. The predicted molar refractivity (Wildman–Crippen MR) is 58.8 cm³/mol. The smallest absolute Gasteiger partial charge is 0.119 e. The van der Waals surface area contributed by atoms with Gasteiger partial charge in [-0.2, -0.15) is 0 Å². The van der Waals surface area contributed by atoms with Gasteiger partial charge < -0.3 is 15.9 Å². The van der Waals surface area contributed by atoms with Crippen molar-refractivity contribution in [2.45, 2.75) is 19.8 Å². The third-order valence-electron chi connectivity index (χ3n) is 3.65. The Balaban J connectivity index is 2.36. The molecule has 3 nitrogen and oxygen atoms in total. The summed E-state index contributed by atoms with van der Waals surface area (Å²) in [5, 5.41) is 19.1. The Labute approximate surface area is 89.5 Å². The summed E-state index contributed by atoms with van der Waals surface area (Å²) < 4.78 is 0. The van der Waals surface area contributed by atoms with Gasteiger partial charge in [-0.25, -0.2) is 0 Å². The summed E-state index contributed by atoms with van der Waals surface area (Å²) in [6.07, 6.45) is 0. The molecule has 0 heterocycles. The Hall–Kier alpha value is -1.22. The molecule has 2 rings (SSSR count). The lowest BCUT2D eigenvalue weighted by atomic mass is 10.0. The van der Waals surface area contributed by atoms with Crippen LogP contribution in [-0.4, -0.2) is 16.8 Å². The molecule has 0 bridgehead atoms. The lowest BCUT2D eigenvalue weighted by molar-refractivity contribution is 0.451. The maximum absolute atomic E-state index is 9.74. The first-order valence-electron chi connectivity index (χ1n) is 5.20. The van der Waals surface area contributed by atoms with E-state index in [0.717, 1.165) is 5.56 Å². The topological polar surface area (TPSA) is 66.5 Å². The summed E-state index contributed by atoms with van der Waals surface area (Å²) in [5.74, 6) is 1.10. The summed E-state index contributed by atoms with van der Waals surface area (Å²) in [5.41, 5.74) is 6.62. The lowest BCUT2D eigenvalue weighted by Crippen LogP contribution is -2.05. The second-order valence-electron chi connectivity index (χ2n) is 4.88. The number of phenols is 2. The van der Waals surface area contributed by atoms with Gasteiger partial charge in [0.1, 0.15) is 11.5 Å². The fourth-order valence-electron chi connectivity index (χ4n) is 2.59. The number of rotatable bonds is 2. The van der Waals surface area contributed by atoms with E-state index in [2.05, 4.69) is 13.8 Å². The van der Waals surface area contributed by atoms with Gasteiger partial charge in [-0.1, -0.05) is 13.8 Å². The third kappa shape index (κ3) is 1.47. The second-order valence-corrected chi connectivity index (χ2v) is 4.88. The van der Waals surface area contributed by atoms with Gasteiger partial charge in [-0.15, -0.1) is 0 Å². The van der Waals surface area contributed by atoms with Crippen molar-refractivity contribution in [1.29, 1.82) is 0 Å².